The van der Waals surface area contributed by atoms with Crippen molar-refractivity contribution in [3.8, 4) is 0 Å². The van der Waals surface area contributed by atoms with E-state index in [2.05, 4.69) is 0 Å². The maximum Gasteiger partial charge on any atom is 0.338 e. The van der Waals surface area contributed by atoms with Crippen LogP contribution in [-0.4, -0.2) is 30.4 Å². The van der Waals surface area contributed by atoms with E-state index in [0.717, 1.165) is 5.56 Å². The molecule has 1 aromatic rings. The van der Waals surface area contributed by atoms with Gasteiger partial charge in [-0.1, -0.05) is 30.3 Å². The monoisotopic (exact) mass is 252 g/mol. The third-order valence-electron chi connectivity index (χ3n) is 2.82. The fraction of sp³-hybridized carbons (Fsp3) is 0.500. The molecule has 4 heteroatoms. The Morgan fingerprint density at radius 3 is 2.39 bits per heavy atom. The Morgan fingerprint density at radius 2 is 1.89 bits per heavy atom. The Bertz CT molecular complexity index is 377. The van der Waals surface area contributed by atoms with Crippen LogP contribution in [0.5, 0.6) is 0 Å². The van der Waals surface area contributed by atoms with E-state index in [0.29, 0.717) is 6.61 Å². The molecule has 1 aromatic carbocycles. The van der Waals surface area contributed by atoms with Crippen LogP contribution >= 0.6 is 0 Å². The van der Waals surface area contributed by atoms with E-state index in [4.69, 9.17) is 9.47 Å². The van der Waals surface area contributed by atoms with Crippen molar-refractivity contribution in [2.45, 2.75) is 32.5 Å². The van der Waals surface area contributed by atoms with Gasteiger partial charge < -0.3 is 14.6 Å². The summed E-state index contributed by atoms with van der Waals surface area (Å²) in [5.41, 5.74) is -0.352. The summed E-state index contributed by atoms with van der Waals surface area (Å²) in [6, 6.07) is 9.18. The highest BCUT2D eigenvalue weighted by Crippen LogP contribution is 2.29. The second-order valence-corrected chi connectivity index (χ2v) is 4.06. The van der Waals surface area contributed by atoms with Crippen molar-refractivity contribution in [2.75, 3.05) is 13.2 Å². The lowest BCUT2D eigenvalue weighted by Gasteiger charge is -2.33. The summed E-state index contributed by atoms with van der Waals surface area (Å²) in [7, 11) is 0. The predicted octanol–water partition coefficient (Wildman–Crippen LogP) is 1.86. The van der Waals surface area contributed by atoms with Gasteiger partial charge in [-0.2, -0.15) is 0 Å². The fourth-order valence-electron chi connectivity index (χ4n) is 1.84. The Labute approximate surface area is 108 Å². The molecule has 0 unspecified atom stereocenters. The molecule has 0 heterocycles. The summed E-state index contributed by atoms with van der Waals surface area (Å²) < 4.78 is 10.4. The minimum atomic E-state index is -1.35. The summed E-state index contributed by atoms with van der Waals surface area (Å²) in [6.07, 6.45) is -1.35. The average molecular weight is 252 g/mol. The fourth-order valence-corrected chi connectivity index (χ4v) is 1.84. The lowest BCUT2D eigenvalue weighted by atomic mass is 9.89. The first kappa shape index (κ1) is 14.7. The zero-order valence-electron chi connectivity index (χ0n) is 11.1. The largest absolute Gasteiger partial charge is 0.464 e. The highest BCUT2D eigenvalue weighted by Gasteiger charge is 2.41. The summed E-state index contributed by atoms with van der Waals surface area (Å²) in [6.45, 7) is 5.83. The van der Waals surface area contributed by atoms with Gasteiger partial charge in [0.2, 0.25) is 0 Å². The van der Waals surface area contributed by atoms with Crippen molar-refractivity contribution in [1.29, 1.82) is 0 Å². The van der Waals surface area contributed by atoms with Crippen LogP contribution in [0.4, 0.5) is 0 Å². The van der Waals surface area contributed by atoms with Gasteiger partial charge in [0, 0.05) is 6.61 Å². The molecule has 0 amide bonds. The number of benzene rings is 1. The van der Waals surface area contributed by atoms with Crippen LogP contribution < -0.4 is 0 Å². The van der Waals surface area contributed by atoms with Crippen molar-refractivity contribution >= 4 is 5.97 Å². The molecule has 0 aliphatic heterocycles. The number of aliphatic hydroxyl groups excluding tert-OH is 1. The zero-order chi connectivity index (χ0) is 13.6. The highest BCUT2D eigenvalue weighted by atomic mass is 16.6. The second-order valence-electron chi connectivity index (χ2n) is 4.06. The second kappa shape index (κ2) is 6.52. The van der Waals surface area contributed by atoms with Gasteiger partial charge in [-0.25, -0.2) is 4.79 Å². The molecule has 0 saturated carbocycles. The Kier molecular flexibility index (Phi) is 5.31. The maximum absolute atomic E-state index is 11.7. The van der Waals surface area contributed by atoms with Crippen LogP contribution in [0.3, 0.4) is 0 Å². The SMILES string of the molecule is CCOC(=O)[C@@H](O)[C@](C)(OCC)c1ccccc1. The van der Waals surface area contributed by atoms with Crippen LogP contribution in [0.25, 0.3) is 0 Å². The molecule has 2 atom stereocenters. The van der Waals surface area contributed by atoms with Gasteiger partial charge in [0.25, 0.3) is 0 Å². The Morgan fingerprint density at radius 1 is 1.28 bits per heavy atom. The third-order valence-corrected chi connectivity index (χ3v) is 2.82. The Balaban J connectivity index is 3.03. The van der Waals surface area contributed by atoms with E-state index in [1.54, 1.807) is 13.8 Å². The van der Waals surface area contributed by atoms with Crippen molar-refractivity contribution in [2.24, 2.45) is 0 Å². The molecular formula is C14H20O4. The summed E-state index contributed by atoms with van der Waals surface area (Å²) in [5, 5.41) is 10.2. The third kappa shape index (κ3) is 3.09. The molecule has 0 aromatic heterocycles. The number of hydrogen-bond acceptors (Lipinski definition) is 4. The number of carbonyl (C=O) groups excluding carboxylic acids is 1. The van der Waals surface area contributed by atoms with Crippen molar-refractivity contribution in [3.63, 3.8) is 0 Å². The van der Waals surface area contributed by atoms with E-state index < -0.39 is 17.7 Å². The summed E-state index contributed by atoms with van der Waals surface area (Å²) >= 11 is 0. The van der Waals surface area contributed by atoms with Gasteiger partial charge in [-0.05, 0) is 26.3 Å². The number of aliphatic hydroxyl groups is 1. The van der Waals surface area contributed by atoms with E-state index in [-0.39, 0.29) is 6.61 Å². The van der Waals surface area contributed by atoms with E-state index in [1.807, 2.05) is 37.3 Å². The van der Waals surface area contributed by atoms with Crippen LogP contribution in [-0.2, 0) is 19.9 Å². The molecule has 0 saturated heterocycles. The molecule has 100 valence electrons. The minimum absolute atomic E-state index is 0.229. The molecule has 4 nitrogen and oxygen atoms in total. The first-order valence-corrected chi connectivity index (χ1v) is 6.10. The maximum atomic E-state index is 11.7. The van der Waals surface area contributed by atoms with E-state index in [1.165, 1.54) is 0 Å². The Hall–Kier alpha value is -1.39. The summed E-state index contributed by atoms with van der Waals surface area (Å²) in [4.78, 5) is 11.7. The van der Waals surface area contributed by atoms with E-state index in [9.17, 15) is 9.90 Å². The number of esters is 1. The van der Waals surface area contributed by atoms with Crippen molar-refractivity contribution in [3.05, 3.63) is 35.9 Å². The molecule has 0 aliphatic carbocycles. The topological polar surface area (TPSA) is 55.8 Å². The first-order valence-electron chi connectivity index (χ1n) is 6.10. The minimum Gasteiger partial charge on any atom is -0.464 e. The molecule has 1 N–H and O–H groups in total. The molecule has 0 fully saturated rings. The number of hydrogen-bond donors (Lipinski definition) is 1. The molecule has 0 bridgehead atoms. The van der Waals surface area contributed by atoms with Crippen molar-refractivity contribution in [1.82, 2.24) is 0 Å². The average Bonchev–Trinajstić information content (AvgIpc) is 2.39. The van der Waals surface area contributed by atoms with Crippen LogP contribution in [0.2, 0.25) is 0 Å². The van der Waals surface area contributed by atoms with Gasteiger partial charge >= 0.3 is 5.97 Å². The zero-order valence-corrected chi connectivity index (χ0v) is 11.1. The van der Waals surface area contributed by atoms with Gasteiger partial charge in [0.05, 0.1) is 6.61 Å². The molecule has 18 heavy (non-hydrogen) atoms. The lowest BCUT2D eigenvalue weighted by molar-refractivity contribution is -0.176. The van der Waals surface area contributed by atoms with Crippen LogP contribution in [0.1, 0.15) is 26.3 Å². The van der Waals surface area contributed by atoms with Gasteiger partial charge in [0.1, 0.15) is 5.60 Å². The van der Waals surface area contributed by atoms with Crippen LogP contribution in [0.15, 0.2) is 30.3 Å². The molecule has 0 aliphatic rings. The van der Waals surface area contributed by atoms with Gasteiger partial charge in [-0.3, -0.25) is 0 Å². The molecule has 0 radical (unpaired) electrons. The van der Waals surface area contributed by atoms with Crippen molar-refractivity contribution < 1.29 is 19.4 Å². The summed E-state index contributed by atoms with van der Waals surface area (Å²) in [5.74, 6) is -0.669. The van der Waals surface area contributed by atoms with E-state index >= 15 is 0 Å². The number of carbonyl (C=O) groups is 1. The van der Waals surface area contributed by atoms with Crippen LogP contribution in [0, 0.1) is 0 Å². The first-order chi connectivity index (χ1) is 8.56. The highest BCUT2D eigenvalue weighted by molar-refractivity contribution is 5.76. The predicted molar refractivity (Wildman–Crippen MR) is 68.1 cm³/mol. The normalized spacial score (nSPS) is 15.8. The molecular weight excluding hydrogens is 232 g/mol. The van der Waals surface area contributed by atoms with Gasteiger partial charge in [0.15, 0.2) is 6.10 Å². The standard InChI is InChI=1S/C14H20O4/c1-4-17-13(16)12(15)14(3,18-5-2)11-9-7-6-8-10-11/h6-10,12,15H,4-5H2,1-3H3/t12-,14-/m1/s1. The molecule has 0 spiro atoms. The smallest absolute Gasteiger partial charge is 0.338 e. The number of rotatable bonds is 6. The lowest BCUT2D eigenvalue weighted by Crippen LogP contribution is -2.45. The van der Waals surface area contributed by atoms with Gasteiger partial charge in [-0.15, -0.1) is 0 Å². The number of ether oxygens (including phenoxy) is 2. The quantitative estimate of drug-likeness (QED) is 0.785. The molecule has 1 rings (SSSR count).